The van der Waals surface area contributed by atoms with Crippen molar-refractivity contribution in [2.24, 2.45) is 0 Å². The molecule has 7 nitrogen and oxygen atoms in total. The lowest BCUT2D eigenvalue weighted by Crippen LogP contribution is -2.54. The summed E-state index contributed by atoms with van der Waals surface area (Å²) < 4.78 is 40.5. The molecule has 2 heterocycles. The molecule has 0 radical (unpaired) electrons. The third-order valence-corrected chi connectivity index (χ3v) is 7.18. The van der Waals surface area contributed by atoms with Crippen LogP contribution in [0, 0.1) is 11.3 Å². The van der Waals surface area contributed by atoms with Crippen LogP contribution < -0.4 is 10.2 Å². The van der Waals surface area contributed by atoms with Crippen molar-refractivity contribution < 1.29 is 22.8 Å². The number of hydrogen-bond donors (Lipinski definition) is 1. The zero-order valence-electron chi connectivity index (χ0n) is 19.1. The highest BCUT2D eigenvalue weighted by atomic mass is 32.1. The highest BCUT2D eigenvalue weighted by molar-refractivity contribution is 7.80. The number of nitrogens with one attached hydrogen (secondary N) is 1. The molecule has 1 aromatic heterocycles. The Hall–Kier alpha value is -3.26. The molecule has 0 aromatic carbocycles. The average molecular weight is 504 g/mol. The lowest BCUT2D eigenvalue weighted by molar-refractivity contribution is -0.138. The van der Waals surface area contributed by atoms with E-state index in [4.69, 9.17) is 17.5 Å². The van der Waals surface area contributed by atoms with Gasteiger partial charge in [-0.05, 0) is 69.3 Å². The van der Waals surface area contributed by atoms with Crippen LogP contribution in [0.1, 0.15) is 62.6 Å². The number of pyridine rings is 1. The van der Waals surface area contributed by atoms with E-state index in [0.717, 1.165) is 48.5 Å². The molecule has 1 spiro atoms. The first-order chi connectivity index (χ1) is 16.6. The summed E-state index contributed by atoms with van der Waals surface area (Å²) in [6, 6.07) is 2.22. The molecule has 1 aliphatic heterocycles. The molecule has 1 saturated heterocycles. The number of nitriles is 1. The number of halogens is 3. The molecule has 0 unspecified atom stereocenters. The summed E-state index contributed by atoms with van der Waals surface area (Å²) in [4.78, 5) is 31.6. The van der Waals surface area contributed by atoms with E-state index in [1.807, 2.05) is 12.2 Å². The fraction of sp³-hybridized carbons (Fsp3) is 0.458. The van der Waals surface area contributed by atoms with Crippen LogP contribution in [0.15, 0.2) is 35.7 Å². The van der Waals surface area contributed by atoms with Gasteiger partial charge in [-0.25, -0.2) is 4.98 Å². The predicted molar refractivity (Wildman–Crippen MR) is 126 cm³/mol. The van der Waals surface area contributed by atoms with Gasteiger partial charge in [-0.15, -0.1) is 0 Å². The number of anilines is 1. The molecule has 35 heavy (non-hydrogen) atoms. The van der Waals surface area contributed by atoms with Gasteiger partial charge in [-0.2, -0.15) is 18.4 Å². The molecule has 2 amide bonds. The highest BCUT2D eigenvalue weighted by Crippen LogP contribution is 2.49. The van der Waals surface area contributed by atoms with Crippen LogP contribution >= 0.6 is 12.2 Å². The zero-order chi connectivity index (χ0) is 25.4. The largest absolute Gasteiger partial charge is 0.419 e. The Morgan fingerprint density at radius 2 is 2.06 bits per heavy atom. The van der Waals surface area contributed by atoms with Crippen LogP contribution in [0.3, 0.4) is 0 Å². The minimum atomic E-state index is -4.79. The van der Waals surface area contributed by atoms with Gasteiger partial charge in [0.05, 0.1) is 17.4 Å². The van der Waals surface area contributed by atoms with Crippen molar-refractivity contribution in [2.45, 2.75) is 63.1 Å². The van der Waals surface area contributed by atoms with Crippen LogP contribution in [0.5, 0.6) is 0 Å². The summed E-state index contributed by atoms with van der Waals surface area (Å²) in [5.74, 6) is -0.369. The van der Waals surface area contributed by atoms with Crippen LogP contribution in [-0.4, -0.2) is 39.4 Å². The second-order valence-corrected chi connectivity index (χ2v) is 9.22. The molecule has 0 bridgehead atoms. The number of thiocarbonyl (C=S) groups is 1. The van der Waals surface area contributed by atoms with Crippen LogP contribution in [0.25, 0.3) is 0 Å². The fourth-order valence-electron chi connectivity index (χ4n) is 4.79. The smallest absolute Gasteiger partial charge is 0.359 e. The monoisotopic (exact) mass is 503 g/mol. The van der Waals surface area contributed by atoms with Crippen molar-refractivity contribution in [1.82, 2.24) is 15.2 Å². The molecule has 4 rings (SSSR count). The molecular weight excluding hydrogens is 479 g/mol. The minimum Gasteiger partial charge on any atom is -0.359 e. The molecule has 1 aromatic rings. The minimum absolute atomic E-state index is 0.00319. The maximum Gasteiger partial charge on any atom is 0.419 e. The average Bonchev–Trinajstić information content (AvgIpc) is 3.05. The van der Waals surface area contributed by atoms with E-state index in [-0.39, 0.29) is 22.6 Å². The van der Waals surface area contributed by atoms with Gasteiger partial charge < -0.3 is 10.2 Å². The molecule has 1 saturated carbocycles. The van der Waals surface area contributed by atoms with Crippen molar-refractivity contribution in [3.8, 4) is 6.07 Å². The van der Waals surface area contributed by atoms with E-state index in [2.05, 4.69) is 10.3 Å². The van der Waals surface area contributed by atoms with Gasteiger partial charge in [0.15, 0.2) is 10.8 Å². The van der Waals surface area contributed by atoms with Gasteiger partial charge in [0.1, 0.15) is 11.6 Å². The molecule has 1 N–H and O–H groups in total. The number of hydrogen-bond acceptors (Lipinski definition) is 5. The number of rotatable bonds is 6. The topological polar surface area (TPSA) is 89.3 Å². The van der Waals surface area contributed by atoms with E-state index in [9.17, 15) is 22.8 Å². The van der Waals surface area contributed by atoms with Gasteiger partial charge in [0.2, 0.25) is 5.91 Å². The molecule has 2 aliphatic carbocycles. The van der Waals surface area contributed by atoms with E-state index < -0.39 is 23.0 Å². The number of aromatic nitrogens is 1. The Balaban J connectivity index is 1.62. The second-order valence-electron chi connectivity index (χ2n) is 8.85. The Labute approximate surface area is 206 Å². The maximum absolute atomic E-state index is 13.5. The number of nitrogens with zero attached hydrogens (tertiary/aromatic N) is 4. The summed E-state index contributed by atoms with van der Waals surface area (Å²) in [5, 5.41) is 11.8. The Morgan fingerprint density at radius 3 is 2.60 bits per heavy atom. The zero-order valence-corrected chi connectivity index (χ0v) is 19.9. The van der Waals surface area contributed by atoms with Crippen LogP contribution in [0.4, 0.5) is 18.9 Å². The summed E-state index contributed by atoms with van der Waals surface area (Å²) in [7, 11) is 1.61. The van der Waals surface area contributed by atoms with Crippen molar-refractivity contribution in [1.29, 1.82) is 5.26 Å². The van der Waals surface area contributed by atoms with E-state index in [1.165, 1.54) is 11.6 Å². The number of allylic oxidation sites excluding steroid dienone is 4. The SMILES string of the molecule is CNC(=O)CCCC1=CC=C(N2C(=S)N(c3cnc(C#N)c(C(F)(F)F)c3)C(=O)C23CCC3)CC1. The molecule has 2 fully saturated rings. The number of amides is 2. The number of carbonyl (C=O) groups excluding carboxylic acids is 2. The fourth-order valence-corrected chi connectivity index (χ4v) is 5.27. The van der Waals surface area contributed by atoms with Crippen LogP contribution in [-0.2, 0) is 15.8 Å². The third kappa shape index (κ3) is 4.43. The lowest BCUT2D eigenvalue weighted by atomic mass is 9.75. The molecular formula is C24H24F3N5O2S. The third-order valence-electron chi connectivity index (χ3n) is 6.82. The summed E-state index contributed by atoms with van der Waals surface area (Å²) in [6.07, 6.45) is 5.47. The summed E-state index contributed by atoms with van der Waals surface area (Å²) in [6.45, 7) is 0. The lowest BCUT2D eigenvalue weighted by Gasteiger charge is -2.44. The van der Waals surface area contributed by atoms with Crippen molar-refractivity contribution in [3.05, 3.63) is 46.9 Å². The van der Waals surface area contributed by atoms with Crippen molar-refractivity contribution in [3.63, 3.8) is 0 Å². The Kier molecular flexibility index (Phi) is 6.68. The standard InChI is InChI=1S/C24H24F3N5O2S/c1-29-20(33)5-2-4-15-6-8-16(9-7-15)32-22(35)31(21(34)23(32)10-3-11-23)17-12-18(24(25,26)27)19(13-28)30-14-17/h6,8,12,14H,2-5,7,9-11H2,1H3,(H,29,33). The molecule has 0 atom stereocenters. The van der Waals surface area contributed by atoms with Gasteiger partial charge in [-0.1, -0.05) is 11.6 Å². The summed E-state index contributed by atoms with van der Waals surface area (Å²) >= 11 is 5.64. The molecule has 3 aliphatic rings. The van der Waals surface area contributed by atoms with Gasteiger partial charge in [0.25, 0.3) is 5.91 Å². The second kappa shape index (κ2) is 9.41. The highest BCUT2D eigenvalue weighted by Gasteiger charge is 2.60. The normalized spacial score (nSPS) is 19.3. The van der Waals surface area contributed by atoms with Gasteiger partial charge in [0, 0.05) is 19.2 Å². The molecule has 184 valence electrons. The Morgan fingerprint density at radius 1 is 1.31 bits per heavy atom. The molecule has 11 heteroatoms. The quantitative estimate of drug-likeness (QED) is 0.581. The van der Waals surface area contributed by atoms with E-state index in [1.54, 1.807) is 11.9 Å². The number of carbonyl (C=O) groups is 2. The van der Waals surface area contributed by atoms with Gasteiger partial charge >= 0.3 is 6.18 Å². The first-order valence-electron chi connectivity index (χ1n) is 11.4. The van der Waals surface area contributed by atoms with E-state index in [0.29, 0.717) is 25.7 Å². The first-order valence-corrected chi connectivity index (χ1v) is 11.8. The van der Waals surface area contributed by atoms with E-state index >= 15 is 0 Å². The maximum atomic E-state index is 13.5. The van der Waals surface area contributed by atoms with Crippen molar-refractivity contribution in [2.75, 3.05) is 11.9 Å². The summed E-state index contributed by atoms with van der Waals surface area (Å²) in [5.41, 5.74) is -0.909. The van der Waals surface area contributed by atoms with Crippen LogP contribution in [0.2, 0.25) is 0 Å². The van der Waals surface area contributed by atoms with Gasteiger partial charge in [-0.3, -0.25) is 14.5 Å². The Bertz CT molecular complexity index is 1180. The first kappa shape index (κ1) is 24.9. The van der Waals surface area contributed by atoms with Crippen molar-refractivity contribution >= 4 is 34.8 Å². The number of alkyl halides is 3. The predicted octanol–water partition coefficient (Wildman–Crippen LogP) is 4.35.